The number of alkyl halides is 1. The van der Waals surface area contributed by atoms with Crippen LogP contribution < -0.4 is 0 Å². The molecule has 0 nitrogen and oxygen atoms in total. The van der Waals surface area contributed by atoms with Gasteiger partial charge in [0.2, 0.25) is 0 Å². The smallest absolute Gasteiger partial charge is 0.0268 e. The van der Waals surface area contributed by atoms with Gasteiger partial charge in [0.05, 0.1) is 0 Å². The van der Waals surface area contributed by atoms with E-state index in [-0.39, 0.29) is 0 Å². The summed E-state index contributed by atoms with van der Waals surface area (Å²) in [6.45, 7) is 3.65. The van der Waals surface area contributed by atoms with Crippen molar-refractivity contribution in [3.8, 4) is 0 Å². The van der Waals surface area contributed by atoms with Crippen LogP contribution in [-0.4, -0.2) is 5.88 Å². The minimum absolute atomic E-state index is 0.696. The molecule has 0 radical (unpaired) electrons. The monoisotopic (exact) mass is 216 g/mol. The third kappa shape index (κ3) is 4.76. The predicted molar refractivity (Wildman–Crippen MR) is 38.5 cm³/mol. The molecule has 0 aromatic carbocycles. The molecule has 0 aromatic rings. The van der Waals surface area contributed by atoms with E-state index in [1.54, 1.807) is 0 Å². The lowest BCUT2D eigenvalue weighted by Crippen LogP contribution is -1.67. The third-order valence-corrected chi connectivity index (χ3v) is 1.09. The SMILES string of the molecule is C=C(I)CCCl. The Labute approximate surface area is 56.7 Å². The molecule has 0 aliphatic rings. The second-order valence-electron chi connectivity index (χ2n) is 0.956. The highest BCUT2D eigenvalue weighted by atomic mass is 127. The summed E-state index contributed by atoms with van der Waals surface area (Å²) < 4.78 is 1.13. The highest BCUT2D eigenvalue weighted by Gasteiger charge is 1.80. The summed E-state index contributed by atoms with van der Waals surface area (Å²) in [6.07, 6.45) is 0.933. The van der Waals surface area contributed by atoms with Crippen LogP contribution in [0.3, 0.4) is 0 Å². The van der Waals surface area contributed by atoms with Crippen LogP contribution in [-0.2, 0) is 0 Å². The average Bonchev–Trinajstić information content (AvgIpc) is 1.35. The second kappa shape index (κ2) is 3.93. The number of hydrogen-bond acceptors (Lipinski definition) is 0. The van der Waals surface area contributed by atoms with Crippen LogP contribution in [0.25, 0.3) is 0 Å². The van der Waals surface area contributed by atoms with Gasteiger partial charge >= 0.3 is 0 Å². The molecular weight excluding hydrogens is 210 g/mol. The number of rotatable bonds is 2. The Bertz CT molecular complexity index is 51.5. The minimum Gasteiger partial charge on any atom is -0.126 e. The molecule has 0 bridgehead atoms. The minimum atomic E-state index is 0.696. The van der Waals surface area contributed by atoms with Gasteiger partial charge in [0.1, 0.15) is 0 Å². The van der Waals surface area contributed by atoms with Crippen LogP contribution in [0.2, 0.25) is 0 Å². The van der Waals surface area contributed by atoms with Crippen LogP contribution in [0.5, 0.6) is 0 Å². The molecular formula is C4H6ClI. The van der Waals surface area contributed by atoms with E-state index < -0.39 is 0 Å². The van der Waals surface area contributed by atoms with E-state index in [0.717, 1.165) is 10.0 Å². The Balaban J connectivity index is 2.83. The molecule has 0 aliphatic carbocycles. The normalized spacial score (nSPS) is 8.33. The Hall–Kier alpha value is 0.760. The first-order chi connectivity index (χ1) is 2.77. The van der Waals surface area contributed by atoms with Crippen molar-refractivity contribution in [1.82, 2.24) is 0 Å². The van der Waals surface area contributed by atoms with Crippen molar-refractivity contribution in [3.63, 3.8) is 0 Å². The zero-order chi connectivity index (χ0) is 4.99. The van der Waals surface area contributed by atoms with Crippen molar-refractivity contribution >= 4 is 34.2 Å². The largest absolute Gasteiger partial charge is 0.126 e. The van der Waals surface area contributed by atoms with Crippen molar-refractivity contribution in [1.29, 1.82) is 0 Å². The van der Waals surface area contributed by atoms with Gasteiger partial charge in [-0.25, -0.2) is 0 Å². The van der Waals surface area contributed by atoms with Gasteiger partial charge in [-0.05, 0) is 32.6 Å². The van der Waals surface area contributed by atoms with Crippen LogP contribution in [0, 0.1) is 0 Å². The van der Waals surface area contributed by atoms with Crippen molar-refractivity contribution in [2.75, 3.05) is 5.88 Å². The molecule has 0 N–H and O–H groups in total. The second-order valence-corrected chi connectivity index (χ2v) is 2.86. The van der Waals surface area contributed by atoms with Gasteiger partial charge in [-0.2, -0.15) is 0 Å². The molecule has 6 heavy (non-hydrogen) atoms. The topological polar surface area (TPSA) is 0 Å². The predicted octanol–water partition coefficient (Wildman–Crippen LogP) is 2.56. The Kier molecular flexibility index (Phi) is 4.43. The maximum Gasteiger partial charge on any atom is 0.0268 e. The Morgan fingerprint density at radius 2 is 2.33 bits per heavy atom. The summed E-state index contributed by atoms with van der Waals surface area (Å²) in [7, 11) is 0. The highest BCUT2D eigenvalue weighted by molar-refractivity contribution is 14.1. The molecule has 0 unspecified atom stereocenters. The van der Waals surface area contributed by atoms with Gasteiger partial charge in [0, 0.05) is 5.88 Å². The molecule has 0 saturated carbocycles. The summed E-state index contributed by atoms with van der Waals surface area (Å²) in [5, 5.41) is 0. The average molecular weight is 216 g/mol. The standard InChI is InChI=1S/C4H6ClI/c1-4(6)2-3-5/h1-3H2. The summed E-state index contributed by atoms with van der Waals surface area (Å²) in [5.41, 5.74) is 0. The third-order valence-electron chi connectivity index (χ3n) is 0.366. The van der Waals surface area contributed by atoms with E-state index in [2.05, 4.69) is 29.2 Å². The van der Waals surface area contributed by atoms with Crippen LogP contribution in [0.15, 0.2) is 10.2 Å². The van der Waals surface area contributed by atoms with Crippen molar-refractivity contribution < 1.29 is 0 Å². The van der Waals surface area contributed by atoms with E-state index in [0.29, 0.717) is 5.88 Å². The molecule has 0 saturated heterocycles. The summed E-state index contributed by atoms with van der Waals surface area (Å²) >= 11 is 7.49. The van der Waals surface area contributed by atoms with Gasteiger partial charge in [0.15, 0.2) is 0 Å². The lowest BCUT2D eigenvalue weighted by Gasteiger charge is -1.83. The summed E-state index contributed by atoms with van der Waals surface area (Å²) in [6, 6.07) is 0. The number of allylic oxidation sites excluding steroid dienone is 1. The molecule has 0 spiro atoms. The van der Waals surface area contributed by atoms with Gasteiger partial charge in [-0.15, -0.1) is 11.6 Å². The van der Waals surface area contributed by atoms with E-state index in [1.807, 2.05) is 0 Å². The molecule has 0 aromatic heterocycles. The fraction of sp³-hybridized carbons (Fsp3) is 0.500. The van der Waals surface area contributed by atoms with E-state index in [4.69, 9.17) is 11.6 Å². The van der Waals surface area contributed by atoms with Crippen LogP contribution >= 0.6 is 34.2 Å². The Morgan fingerprint density at radius 3 is 2.33 bits per heavy atom. The molecule has 0 rings (SSSR count). The van der Waals surface area contributed by atoms with Gasteiger partial charge < -0.3 is 0 Å². The molecule has 0 aliphatic heterocycles. The summed E-state index contributed by atoms with van der Waals surface area (Å²) in [4.78, 5) is 0. The molecule has 0 amide bonds. The zero-order valence-electron chi connectivity index (χ0n) is 3.38. The quantitative estimate of drug-likeness (QED) is 0.492. The highest BCUT2D eigenvalue weighted by Crippen LogP contribution is 2.06. The maximum atomic E-state index is 5.33. The van der Waals surface area contributed by atoms with Gasteiger partial charge in [0.25, 0.3) is 0 Å². The number of halogens is 2. The maximum absolute atomic E-state index is 5.33. The van der Waals surface area contributed by atoms with Gasteiger partial charge in [-0.1, -0.05) is 6.58 Å². The first-order valence-corrected chi connectivity index (χ1v) is 3.28. The molecule has 0 heterocycles. The Morgan fingerprint density at radius 1 is 1.83 bits per heavy atom. The lowest BCUT2D eigenvalue weighted by molar-refractivity contribution is 1.23. The molecule has 36 valence electrons. The van der Waals surface area contributed by atoms with E-state index >= 15 is 0 Å². The lowest BCUT2D eigenvalue weighted by atomic mass is 10.5. The summed E-state index contributed by atoms with van der Waals surface area (Å²) in [5.74, 6) is 0.696. The zero-order valence-corrected chi connectivity index (χ0v) is 6.29. The van der Waals surface area contributed by atoms with Crippen molar-refractivity contribution in [2.45, 2.75) is 6.42 Å². The van der Waals surface area contributed by atoms with Crippen LogP contribution in [0.1, 0.15) is 6.42 Å². The molecule has 0 fully saturated rings. The van der Waals surface area contributed by atoms with Crippen LogP contribution in [0.4, 0.5) is 0 Å². The molecule has 0 atom stereocenters. The fourth-order valence-electron chi connectivity index (χ4n) is 0.103. The van der Waals surface area contributed by atoms with Crippen molar-refractivity contribution in [2.24, 2.45) is 0 Å². The first-order valence-electron chi connectivity index (χ1n) is 1.66. The van der Waals surface area contributed by atoms with Crippen molar-refractivity contribution in [3.05, 3.63) is 10.2 Å². The first kappa shape index (κ1) is 6.76. The van der Waals surface area contributed by atoms with Gasteiger partial charge in [-0.3, -0.25) is 0 Å². The number of hydrogen-bond donors (Lipinski definition) is 0. The van der Waals surface area contributed by atoms with E-state index in [9.17, 15) is 0 Å². The fourth-order valence-corrected chi connectivity index (χ4v) is 0.919. The van der Waals surface area contributed by atoms with E-state index in [1.165, 1.54) is 0 Å². The molecule has 2 heteroatoms.